The lowest BCUT2D eigenvalue weighted by Gasteiger charge is -1.97. The van der Waals surface area contributed by atoms with Gasteiger partial charge in [0.15, 0.2) is 0 Å². The molecule has 0 aromatic heterocycles. The molecular formula is C11H18S. The summed E-state index contributed by atoms with van der Waals surface area (Å²) < 4.78 is 0. The van der Waals surface area contributed by atoms with Gasteiger partial charge in [-0.3, -0.25) is 0 Å². The van der Waals surface area contributed by atoms with Crippen LogP contribution >= 0.6 is 11.8 Å². The van der Waals surface area contributed by atoms with E-state index in [0.29, 0.717) is 0 Å². The average Bonchev–Trinajstić information content (AvgIpc) is 2.06. The van der Waals surface area contributed by atoms with E-state index in [1.54, 1.807) is 0 Å². The van der Waals surface area contributed by atoms with Crippen molar-refractivity contribution in [2.45, 2.75) is 26.2 Å². The summed E-state index contributed by atoms with van der Waals surface area (Å²) in [6, 6.07) is 0. The highest BCUT2D eigenvalue weighted by molar-refractivity contribution is 8.03. The summed E-state index contributed by atoms with van der Waals surface area (Å²) in [5, 5.41) is 0. The predicted molar refractivity (Wildman–Crippen MR) is 60.5 cm³/mol. The van der Waals surface area contributed by atoms with Gasteiger partial charge in [0.2, 0.25) is 0 Å². The molecule has 0 saturated heterocycles. The van der Waals surface area contributed by atoms with Crippen LogP contribution in [0, 0.1) is 0 Å². The van der Waals surface area contributed by atoms with Crippen LogP contribution in [0.15, 0.2) is 36.3 Å². The van der Waals surface area contributed by atoms with Crippen LogP contribution in [0.1, 0.15) is 26.2 Å². The maximum Gasteiger partial charge on any atom is -0.000309 e. The van der Waals surface area contributed by atoms with E-state index in [0.717, 1.165) is 11.3 Å². The van der Waals surface area contributed by atoms with E-state index < -0.39 is 0 Å². The number of hydrogen-bond acceptors (Lipinski definition) is 1. The second-order valence-electron chi connectivity index (χ2n) is 2.60. The molecule has 0 aliphatic carbocycles. The van der Waals surface area contributed by atoms with Gasteiger partial charge in [-0.2, -0.15) is 0 Å². The molecule has 0 unspecified atom stereocenters. The molecule has 0 heterocycles. The topological polar surface area (TPSA) is 0 Å². The average molecular weight is 182 g/mol. The van der Waals surface area contributed by atoms with Gasteiger partial charge in [0.1, 0.15) is 0 Å². The first-order chi connectivity index (χ1) is 5.81. The molecule has 0 spiro atoms. The van der Waals surface area contributed by atoms with Crippen molar-refractivity contribution in [3.63, 3.8) is 0 Å². The van der Waals surface area contributed by atoms with Crippen LogP contribution in [-0.2, 0) is 0 Å². The van der Waals surface area contributed by atoms with E-state index in [1.807, 2.05) is 17.8 Å². The molecular weight excluding hydrogens is 164 g/mol. The Kier molecular flexibility index (Phi) is 8.35. The van der Waals surface area contributed by atoms with Gasteiger partial charge in [0, 0.05) is 0 Å². The van der Waals surface area contributed by atoms with Gasteiger partial charge in [-0.05, 0) is 23.5 Å². The van der Waals surface area contributed by atoms with Crippen molar-refractivity contribution in [2.24, 2.45) is 0 Å². The summed E-state index contributed by atoms with van der Waals surface area (Å²) in [7, 11) is 0. The summed E-state index contributed by atoms with van der Waals surface area (Å²) >= 11 is 1.84. The lowest BCUT2D eigenvalue weighted by Crippen LogP contribution is -1.76. The van der Waals surface area contributed by atoms with Crippen LogP contribution in [0.2, 0.25) is 0 Å². The third-order valence-electron chi connectivity index (χ3n) is 1.39. The zero-order valence-electron chi connectivity index (χ0n) is 7.88. The molecule has 12 heavy (non-hydrogen) atoms. The molecule has 0 radical (unpaired) electrons. The SMILES string of the molecule is C=CC/C=C\C(=C)SCCCC. The fourth-order valence-electron chi connectivity index (χ4n) is 0.691. The minimum absolute atomic E-state index is 0.938. The molecule has 0 bridgehead atoms. The van der Waals surface area contributed by atoms with Crippen LogP contribution in [0.5, 0.6) is 0 Å². The van der Waals surface area contributed by atoms with E-state index in [2.05, 4.69) is 32.2 Å². The number of thioether (sulfide) groups is 1. The van der Waals surface area contributed by atoms with E-state index in [1.165, 1.54) is 18.6 Å². The molecule has 0 N–H and O–H groups in total. The Morgan fingerprint density at radius 2 is 2.25 bits per heavy atom. The third-order valence-corrected chi connectivity index (χ3v) is 2.39. The minimum atomic E-state index is 0.938. The van der Waals surface area contributed by atoms with Gasteiger partial charge >= 0.3 is 0 Å². The minimum Gasteiger partial charge on any atom is -0.127 e. The van der Waals surface area contributed by atoms with Crippen LogP contribution in [0.4, 0.5) is 0 Å². The van der Waals surface area contributed by atoms with E-state index in [9.17, 15) is 0 Å². The Bertz CT molecular complexity index is 156. The molecule has 0 atom stereocenters. The molecule has 0 fully saturated rings. The Morgan fingerprint density at radius 3 is 2.83 bits per heavy atom. The number of allylic oxidation sites excluding steroid dienone is 3. The van der Waals surface area contributed by atoms with Crippen molar-refractivity contribution in [1.82, 2.24) is 0 Å². The Morgan fingerprint density at radius 1 is 1.50 bits per heavy atom. The molecule has 0 saturated carbocycles. The third kappa shape index (κ3) is 7.67. The number of hydrogen-bond donors (Lipinski definition) is 0. The Labute approximate surface area is 80.4 Å². The molecule has 0 rings (SSSR count). The van der Waals surface area contributed by atoms with Crippen LogP contribution in [0.3, 0.4) is 0 Å². The molecule has 0 aliphatic rings. The fraction of sp³-hybridized carbons (Fsp3) is 0.455. The van der Waals surface area contributed by atoms with Crippen molar-refractivity contribution in [1.29, 1.82) is 0 Å². The van der Waals surface area contributed by atoms with Crippen molar-refractivity contribution < 1.29 is 0 Å². The molecule has 0 amide bonds. The van der Waals surface area contributed by atoms with E-state index >= 15 is 0 Å². The summed E-state index contributed by atoms with van der Waals surface area (Å²) in [5.74, 6) is 1.19. The van der Waals surface area contributed by atoms with Gasteiger partial charge in [0.25, 0.3) is 0 Å². The largest absolute Gasteiger partial charge is 0.127 e. The Hall–Kier alpha value is -0.430. The van der Waals surface area contributed by atoms with Crippen LogP contribution in [0.25, 0.3) is 0 Å². The standard InChI is InChI=1S/C11H18S/c1-4-6-8-9-11(3)12-10-7-5-2/h4,8-9H,1,3,5-7,10H2,2H3/b9-8-. The van der Waals surface area contributed by atoms with Crippen molar-refractivity contribution in [3.8, 4) is 0 Å². The smallest absolute Gasteiger partial charge is 0.000309 e. The van der Waals surface area contributed by atoms with Gasteiger partial charge in [0.05, 0.1) is 0 Å². The van der Waals surface area contributed by atoms with E-state index in [-0.39, 0.29) is 0 Å². The highest BCUT2D eigenvalue weighted by Crippen LogP contribution is 2.16. The molecule has 0 aliphatic heterocycles. The van der Waals surface area contributed by atoms with E-state index in [4.69, 9.17) is 0 Å². The Balaban J connectivity index is 3.38. The fourth-order valence-corrected chi connectivity index (χ4v) is 1.58. The number of rotatable bonds is 7. The maximum atomic E-state index is 3.94. The van der Waals surface area contributed by atoms with Gasteiger partial charge in [-0.25, -0.2) is 0 Å². The van der Waals surface area contributed by atoms with Crippen LogP contribution in [-0.4, -0.2) is 5.75 Å². The highest BCUT2D eigenvalue weighted by Gasteiger charge is 1.88. The summed E-state index contributed by atoms with van der Waals surface area (Å²) in [5.41, 5.74) is 0. The van der Waals surface area contributed by atoms with Gasteiger partial charge < -0.3 is 0 Å². The summed E-state index contributed by atoms with van der Waals surface area (Å²) in [4.78, 5) is 1.16. The lowest BCUT2D eigenvalue weighted by molar-refractivity contribution is 0.897. The lowest BCUT2D eigenvalue weighted by atomic mass is 10.4. The first-order valence-corrected chi connectivity index (χ1v) is 5.39. The second kappa shape index (κ2) is 8.66. The quantitative estimate of drug-likeness (QED) is 0.323. The molecule has 0 aromatic rings. The first kappa shape index (κ1) is 11.6. The normalized spacial score (nSPS) is 10.4. The maximum absolute atomic E-state index is 3.94. The van der Waals surface area contributed by atoms with Gasteiger partial charge in [-0.15, -0.1) is 18.3 Å². The van der Waals surface area contributed by atoms with Crippen molar-refractivity contribution >= 4 is 11.8 Å². The zero-order valence-corrected chi connectivity index (χ0v) is 8.70. The monoisotopic (exact) mass is 182 g/mol. The summed E-state index contributed by atoms with van der Waals surface area (Å²) in [6.07, 6.45) is 9.53. The second-order valence-corrected chi connectivity index (χ2v) is 3.82. The molecule has 0 aromatic carbocycles. The molecule has 1 heteroatoms. The predicted octanol–water partition coefficient (Wildman–Crippen LogP) is 4.17. The van der Waals surface area contributed by atoms with Gasteiger partial charge in [-0.1, -0.05) is 38.2 Å². The van der Waals surface area contributed by atoms with Crippen molar-refractivity contribution in [2.75, 3.05) is 5.75 Å². The first-order valence-electron chi connectivity index (χ1n) is 4.40. The molecule has 0 nitrogen and oxygen atoms in total. The van der Waals surface area contributed by atoms with Crippen molar-refractivity contribution in [3.05, 3.63) is 36.3 Å². The van der Waals surface area contributed by atoms with Crippen LogP contribution < -0.4 is 0 Å². The molecule has 68 valence electrons. The summed E-state index contributed by atoms with van der Waals surface area (Å²) in [6.45, 7) is 9.79. The highest BCUT2D eigenvalue weighted by atomic mass is 32.2. The number of unbranched alkanes of at least 4 members (excludes halogenated alkanes) is 1. The zero-order chi connectivity index (χ0) is 9.23.